The van der Waals surface area contributed by atoms with Crippen LogP contribution in [0.25, 0.3) is 0 Å². The van der Waals surface area contributed by atoms with E-state index in [0.717, 1.165) is 23.5 Å². The fourth-order valence-corrected chi connectivity index (χ4v) is 2.57. The van der Waals surface area contributed by atoms with Gasteiger partial charge in [-0.05, 0) is 38.8 Å². The first-order chi connectivity index (χ1) is 14.2. The summed E-state index contributed by atoms with van der Waals surface area (Å²) in [7, 11) is 3.64. The van der Waals surface area contributed by atoms with Gasteiger partial charge in [-0.3, -0.25) is 0 Å². The Morgan fingerprint density at radius 3 is 2.39 bits per heavy atom. The minimum atomic E-state index is -0.502. The van der Waals surface area contributed by atoms with E-state index in [9.17, 15) is 4.79 Å². The number of carbonyl (C=O) groups excluding carboxylic acids is 1. The number of ether oxygens (including phenoxy) is 1. The average Bonchev–Trinajstić information content (AvgIpc) is 3.08. The molecule has 172 valence electrons. The molecule has 0 unspecified atom stereocenters. The Morgan fingerprint density at radius 1 is 1.19 bits per heavy atom. The van der Waals surface area contributed by atoms with Crippen molar-refractivity contribution in [3.05, 3.63) is 47.5 Å². The largest absolute Gasteiger partial charge is 0.444 e. The summed E-state index contributed by atoms with van der Waals surface area (Å²) in [5, 5.41) is 14.4. The summed E-state index contributed by atoms with van der Waals surface area (Å²) in [4.78, 5) is 18.3. The van der Waals surface area contributed by atoms with Gasteiger partial charge in [0.2, 0.25) is 0 Å². The number of hydrogen-bond donors (Lipinski definition) is 2. The van der Waals surface area contributed by atoms with E-state index in [4.69, 9.17) is 4.74 Å². The lowest BCUT2D eigenvalue weighted by Gasteiger charge is -2.24. The number of nitrogens with one attached hydrogen (secondary N) is 2. The first-order valence-electron chi connectivity index (χ1n) is 10.0. The van der Waals surface area contributed by atoms with Crippen LogP contribution in [0.1, 0.15) is 44.6 Å². The number of hydrogen-bond acceptors (Lipinski definition) is 5. The molecule has 0 radical (unpaired) electrons. The fourth-order valence-electron chi connectivity index (χ4n) is 2.57. The van der Waals surface area contributed by atoms with Gasteiger partial charge in [-0.25, -0.2) is 9.79 Å². The van der Waals surface area contributed by atoms with Gasteiger partial charge < -0.3 is 24.8 Å². The second-order valence-corrected chi connectivity index (χ2v) is 8.06. The summed E-state index contributed by atoms with van der Waals surface area (Å²) in [6.45, 7) is 9.93. The van der Waals surface area contributed by atoms with Gasteiger partial charge >= 0.3 is 6.09 Å². The number of aromatic nitrogens is 3. The topological polar surface area (TPSA) is 96.7 Å². The van der Waals surface area contributed by atoms with Gasteiger partial charge in [-0.15, -0.1) is 34.2 Å². The summed E-state index contributed by atoms with van der Waals surface area (Å²) in [6, 6.07) is 8.05. The van der Waals surface area contributed by atoms with E-state index < -0.39 is 5.60 Å². The highest BCUT2D eigenvalue weighted by Crippen LogP contribution is 2.12. The maximum atomic E-state index is 12.1. The molecule has 0 saturated heterocycles. The lowest BCUT2D eigenvalue weighted by molar-refractivity contribution is 0.0285. The van der Waals surface area contributed by atoms with Crippen LogP contribution in [-0.2, 0) is 31.4 Å². The highest BCUT2D eigenvalue weighted by Gasteiger charge is 2.19. The molecular formula is C21H34IN7O2. The highest BCUT2D eigenvalue weighted by molar-refractivity contribution is 14.0. The van der Waals surface area contributed by atoms with E-state index in [1.165, 1.54) is 0 Å². The Labute approximate surface area is 201 Å². The molecule has 0 aliphatic heterocycles. The van der Waals surface area contributed by atoms with E-state index in [1.807, 2.05) is 63.6 Å². The molecule has 9 nitrogen and oxygen atoms in total. The number of aliphatic imine (C=N–C) groups is 1. The van der Waals surface area contributed by atoms with Gasteiger partial charge in [0, 0.05) is 27.2 Å². The predicted octanol–water partition coefficient (Wildman–Crippen LogP) is 3.06. The summed E-state index contributed by atoms with van der Waals surface area (Å²) < 4.78 is 7.25. The molecule has 0 fully saturated rings. The Morgan fingerprint density at radius 2 is 1.84 bits per heavy atom. The fraction of sp³-hybridized carbons (Fsp3) is 0.524. The summed E-state index contributed by atoms with van der Waals surface area (Å²) >= 11 is 0. The SMILES string of the molecule is CCNC(=NCc1ccc(CN(C)C(=O)OC(C)(C)C)cc1)NCc1nncn1C.I. The average molecular weight is 543 g/mol. The third-order valence-electron chi connectivity index (χ3n) is 4.13. The lowest BCUT2D eigenvalue weighted by Crippen LogP contribution is -2.37. The molecule has 1 amide bonds. The molecule has 10 heteroatoms. The van der Waals surface area contributed by atoms with Crippen LogP contribution in [0.2, 0.25) is 0 Å². The third-order valence-corrected chi connectivity index (χ3v) is 4.13. The van der Waals surface area contributed by atoms with Crippen LogP contribution in [0, 0.1) is 0 Å². The van der Waals surface area contributed by atoms with Crippen LogP contribution < -0.4 is 10.6 Å². The van der Waals surface area contributed by atoms with Crippen molar-refractivity contribution >= 4 is 36.0 Å². The third kappa shape index (κ3) is 9.53. The van der Waals surface area contributed by atoms with E-state index >= 15 is 0 Å². The van der Waals surface area contributed by atoms with Crippen molar-refractivity contribution in [2.24, 2.45) is 12.0 Å². The minimum absolute atomic E-state index is 0. The van der Waals surface area contributed by atoms with Gasteiger partial charge in [0.05, 0.1) is 13.1 Å². The molecule has 31 heavy (non-hydrogen) atoms. The Kier molecular flexibility index (Phi) is 10.7. The highest BCUT2D eigenvalue weighted by atomic mass is 127. The number of nitrogens with zero attached hydrogens (tertiary/aromatic N) is 5. The number of guanidine groups is 1. The first kappa shape index (κ1) is 26.7. The maximum Gasteiger partial charge on any atom is 0.410 e. The summed E-state index contributed by atoms with van der Waals surface area (Å²) in [6.07, 6.45) is 1.34. The van der Waals surface area contributed by atoms with Gasteiger partial charge in [0.15, 0.2) is 11.8 Å². The minimum Gasteiger partial charge on any atom is -0.444 e. The number of halogens is 1. The van der Waals surface area contributed by atoms with Gasteiger partial charge in [0.25, 0.3) is 0 Å². The number of rotatable bonds is 7. The summed E-state index contributed by atoms with van der Waals surface area (Å²) in [5.41, 5.74) is 1.61. The molecule has 0 saturated carbocycles. The quantitative estimate of drug-likeness (QED) is 0.317. The molecule has 2 rings (SSSR count). The number of aryl methyl sites for hydroxylation is 1. The van der Waals surface area contributed by atoms with Gasteiger partial charge in [-0.1, -0.05) is 24.3 Å². The molecule has 1 aromatic carbocycles. The molecule has 0 spiro atoms. The van der Waals surface area contributed by atoms with Gasteiger partial charge in [-0.2, -0.15) is 0 Å². The lowest BCUT2D eigenvalue weighted by atomic mass is 10.1. The number of amides is 1. The number of carbonyl (C=O) groups is 1. The molecule has 1 heterocycles. The van der Waals surface area contributed by atoms with Crippen molar-refractivity contribution < 1.29 is 9.53 Å². The molecule has 0 atom stereocenters. The van der Waals surface area contributed by atoms with Crippen LogP contribution in [-0.4, -0.2) is 50.9 Å². The van der Waals surface area contributed by atoms with Crippen LogP contribution in [0.15, 0.2) is 35.6 Å². The molecule has 2 aromatic rings. The Bertz CT molecular complexity index is 844. The first-order valence-corrected chi connectivity index (χ1v) is 10.0. The second-order valence-electron chi connectivity index (χ2n) is 8.06. The zero-order valence-corrected chi connectivity index (χ0v) is 21.5. The standard InChI is InChI=1S/C21H33N7O2.HI/c1-7-22-19(24-13-18-26-25-15-28(18)6)23-12-16-8-10-17(11-9-16)14-27(5)20(29)30-21(2,3)4;/h8-11,15H,7,12-14H2,1-6H3,(H2,22,23,24);1H. The zero-order chi connectivity index (χ0) is 22.1. The van der Waals surface area contributed by atoms with Crippen molar-refractivity contribution in [3.8, 4) is 0 Å². The van der Waals surface area contributed by atoms with Crippen LogP contribution in [0.5, 0.6) is 0 Å². The van der Waals surface area contributed by atoms with Gasteiger partial charge in [0.1, 0.15) is 11.9 Å². The molecule has 0 aliphatic carbocycles. The Hall–Kier alpha value is -2.37. The second kappa shape index (κ2) is 12.5. The van der Waals surface area contributed by atoms with Crippen LogP contribution >= 0.6 is 24.0 Å². The van der Waals surface area contributed by atoms with Crippen molar-refractivity contribution in [2.45, 2.75) is 52.9 Å². The molecule has 2 N–H and O–H groups in total. The number of benzene rings is 1. The zero-order valence-electron chi connectivity index (χ0n) is 19.2. The normalized spacial score (nSPS) is 11.5. The van der Waals surface area contributed by atoms with Crippen LogP contribution in [0.4, 0.5) is 4.79 Å². The maximum absolute atomic E-state index is 12.1. The van der Waals surface area contributed by atoms with Crippen LogP contribution in [0.3, 0.4) is 0 Å². The van der Waals surface area contributed by atoms with Crippen molar-refractivity contribution in [1.82, 2.24) is 30.3 Å². The monoisotopic (exact) mass is 543 g/mol. The van der Waals surface area contributed by atoms with Crippen molar-refractivity contribution in [2.75, 3.05) is 13.6 Å². The molecule has 0 bridgehead atoms. The Balaban J connectivity index is 0.00000480. The molecule has 1 aromatic heterocycles. The van der Waals surface area contributed by atoms with Crippen molar-refractivity contribution in [3.63, 3.8) is 0 Å². The molecule has 0 aliphatic rings. The van der Waals surface area contributed by atoms with E-state index in [0.29, 0.717) is 25.6 Å². The van der Waals surface area contributed by atoms with E-state index in [-0.39, 0.29) is 30.1 Å². The predicted molar refractivity (Wildman–Crippen MR) is 132 cm³/mol. The van der Waals surface area contributed by atoms with E-state index in [2.05, 4.69) is 25.8 Å². The van der Waals surface area contributed by atoms with E-state index in [1.54, 1.807) is 18.3 Å². The van der Waals surface area contributed by atoms with Crippen molar-refractivity contribution in [1.29, 1.82) is 0 Å². The molecular weight excluding hydrogens is 509 g/mol. The summed E-state index contributed by atoms with van der Waals surface area (Å²) in [5.74, 6) is 1.55. The smallest absolute Gasteiger partial charge is 0.410 e.